The van der Waals surface area contributed by atoms with Crippen molar-refractivity contribution in [1.82, 2.24) is 0 Å². The summed E-state index contributed by atoms with van der Waals surface area (Å²) < 4.78 is 12.6. The smallest absolute Gasteiger partial charge is 0.164 e. The van der Waals surface area contributed by atoms with Crippen LogP contribution in [0.3, 0.4) is 0 Å². The van der Waals surface area contributed by atoms with Crippen LogP contribution in [-0.2, 0) is 0 Å². The maximum atomic E-state index is 12.6. The number of halogens is 2. The molecule has 1 aromatic rings. The predicted molar refractivity (Wildman–Crippen MR) is 60.9 cm³/mol. The first-order valence-electron chi connectivity index (χ1n) is 4.46. The van der Waals surface area contributed by atoms with Crippen LogP contribution in [-0.4, -0.2) is 11.3 Å². The van der Waals surface area contributed by atoms with Crippen molar-refractivity contribution in [1.29, 1.82) is 0 Å². The monoisotopic (exact) mass is 231 g/mol. The second-order valence-corrected chi connectivity index (χ2v) is 4.10. The number of nitrogens with two attached hydrogens (primary N) is 1. The minimum atomic E-state index is -0.522. The Morgan fingerprint density at radius 1 is 1.33 bits per heavy atom. The van der Waals surface area contributed by atoms with Gasteiger partial charge in [0.25, 0.3) is 0 Å². The van der Waals surface area contributed by atoms with Crippen LogP contribution in [0.2, 0.25) is 0 Å². The highest BCUT2D eigenvalue weighted by Crippen LogP contribution is 2.11. The molecule has 1 rings (SSSR count). The van der Waals surface area contributed by atoms with Crippen molar-refractivity contribution in [2.45, 2.75) is 25.8 Å². The zero-order chi connectivity index (χ0) is 10.8. The van der Waals surface area contributed by atoms with E-state index in [4.69, 9.17) is 5.73 Å². The van der Waals surface area contributed by atoms with E-state index in [1.165, 1.54) is 24.3 Å². The van der Waals surface area contributed by atoms with Gasteiger partial charge < -0.3 is 5.73 Å². The number of carbonyl (C=O) groups is 1. The zero-order valence-corrected chi connectivity index (χ0v) is 9.60. The third-order valence-corrected chi connectivity index (χ3v) is 1.78. The molecule has 0 amide bonds. The maximum absolute atomic E-state index is 12.6. The highest BCUT2D eigenvalue weighted by atomic mass is 35.5. The van der Waals surface area contributed by atoms with Gasteiger partial charge in [0.05, 0.1) is 0 Å². The number of hydrogen-bond donors (Lipinski definition) is 1. The van der Waals surface area contributed by atoms with Gasteiger partial charge in [-0.05, 0) is 38.1 Å². The standard InChI is InChI=1S/C11H14FNO.ClH/c1-11(2,13)7-10(14)8-3-5-9(12)6-4-8;/h3-6H,7,13H2,1-2H3;1H. The Labute approximate surface area is 95.1 Å². The lowest BCUT2D eigenvalue weighted by Crippen LogP contribution is -2.34. The van der Waals surface area contributed by atoms with Crippen LogP contribution >= 0.6 is 12.4 Å². The van der Waals surface area contributed by atoms with Crippen molar-refractivity contribution in [3.8, 4) is 0 Å². The van der Waals surface area contributed by atoms with Crippen molar-refractivity contribution in [3.05, 3.63) is 35.6 Å². The first-order chi connectivity index (χ1) is 6.38. The lowest BCUT2D eigenvalue weighted by molar-refractivity contribution is 0.0960. The molecule has 0 aliphatic heterocycles. The lowest BCUT2D eigenvalue weighted by atomic mass is 9.95. The molecule has 0 aromatic heterocycles. The summed E-state index contributed by atoms with van der Waals surface area (Å²) in [5.41, 5.74) is 5.69. The Morgan fingerprint density at radius 3 is 2.20 bits per heavy atom. The molecular weight excluding hydrogens is 217 g/mol. The Balaban J connectivity index is 0.00000196. The summed E-state index contributed by atoms with van der Waals surface area (Å²) >= 11 is 0. The molecule has 0 bridgehead atoms. The Morgan fingerprint density at radius 2 is 1.80 bits per heavy atom. The molecule has 1 aromatic carbocycles. The van der Waals surface area contributed by atoms with Crippen molar-refractivity contribution in [2.24, 2.45) is 5.73 Å². The van der Waals surface area contributed by atoms with Crippen molar-refractivity contribution < 1.29 is 9.18 Å². The normalized spacial score (nSPS) is 10.7. The molecular formula is C11H15ClFNO. The topological polar surface area (TPSA) is 43.1 Å². The number of Topliss-reactive ketones (excluding diaryl/α,β-unsaturated/α-hetero) is 1. The van der Waals surface area contributed by atoms with Crippen molar-refractivity contribution in [2.75, 3.05) is 0 Å². The quantitative estimate of drug-likeness (QED) is 0.813. The zero-order valence-electron chi connectivity index (χ0n) is 8.79. The van der Waals surface area contributed by atoms with E-state index in [0.717, 1.165) is 0 Å². The van der Waals surface area contributed by atoms with Gasteiger partial charge in [-0.15, -0.1) is 12.4 Å². The summed E-state index contributed by atoms with van der Waals surface area (Å²) in [5, 5.41) is 0. The maximum Gasteiger partial charge on any atom is 0.164 e. The van der Waals surface area contributed by atoms with Gasteiger partial charge >= 0.3 is 0 Å². The van der Waals surface area contributed by atoms with E-state index in [9.17, 15) is 9.18 Å². The SMILES string of the molecule is CC(C)(N)CC(=O)c1ccc(F)cc1.Cl. The largest absolute Gasteiger partial charge is 0.325 e. The van der Waals surface area contributed by atoms with Gasteiger partial charge in [-0.1, -0.05) is 0 Å². The Hall–Kier alpha value is -0.930. The van der Waals surface area contributed by atoms with Crippen molar-refractivity contribution in [3.63, 3.8) is 0 Å². The van der Waals surface area contributed by atoms with E-state index in [2.05, 4.69) is 0 Å². The second-order valence-electron chi connectivity index (χ2n) is 4.10. The minimum absolute atomic E-state index is 0. The van der Waals surface area contributed by atoms with Gasteiger partial charge in [0.1, 0.15) is 5.82 Å². The lowest BCUT2D eigenvalue weighted by Gasteiger charge is -2.16. The molecule has 0 spiro atoms. The average Bonchev–Trinajstić information content (AvgIpc) is 2.02. The van der Waals surface area contributed by atoms with Gasteiger partial charge in [-0.3, -0.25) is 4.79 Å². The van der Waals surface area contributed by atoms with E-state index < -0.39 is 5.54 Å². The molecule has 15 heavy (non-hydrogen) atoms. The molecule has 0 saturated heterocycles. The molecule has 0 atom stereocenters. The highest BCUT2D eigenvalue weighted by molar-refractivity contribution is 5.96. The molecule has 2 N–H and O–H groups in total. The Kier molecular flexibility index (Phi) is 4.91. The van der Waals surface area contributed by atoms with Gasteiger partial charge in [0.2, 0.25) is 0 Å². The molecule has 0 aliphatic carbocycles. The van der Waals surface area contributed by atoms with E-state index in [-0.39, 0.29) is 30.4 Å². The van der Waals surface area contributed by atoms with E-state index in [1.807, 2.05) is 0 Å². The third-order valence-electron chi connectivity index (χ3n) is 1.78. The van der Waals surface area contributed by atoms with E-state index >= 15 is 0 Å². The highest BCUT2D eigenvalue weighted by Gasteiger charge is 2.17. The molecule has 2 nitrogen and oxygen atoms in total. The fourth-order valence-electron chi connectivity index (χ4n) is 1.15. The van der Waals surface area contributed by atoms with Crippen LogP contribution < -0.4 is 5.73 Å². The van der Waals surface area contributed by atoms with Gasteiger partial charge in [0.15, 0.2) is 5.78 Å². The van der Waals surface area contributed by atoms with Crippen molar-refractivity contribution >= 4 is 18.2 Å². The van der Waals surface area contributed by atoms with Crippen LogP contribution in [0, 0.1) is 5.82 Å². The second kappa shape index (κ2) is 5.24. The molecule has 0 fully saturated rings. The molecule has 0 heterocycles. The number of ketones is 1. The summed E-state index contributed by atoms with van der Waals surface area (Å²) in [6.07, 6.45) is 0.263. The molecule has 0 saturated carbocycles. The summed E-state index contributed by atoms with van der Waals surface area (Å²) in [7, 11) is 0. The molecule has 4 heteroatoms. The summed E-state index contributed by atoms with van der Waals surface area (Å²) in [5.74, 6) is -0.397. The van der Waals surface area contributed by atoms with Crippen LogP contribution in [0.15, 0.2) is 24.3 Å². The fourth-order valence-corrected chi connectivity index (χ4v) is 1.15. The van der Waals surface area contributed by atoms with Gasteiger partial charge in [-0.2, -0.15) is 0 Å². The third kappa shape index (κ3) is 4.91. The average molecular weight is 232 g/mol. The van der Waals surface area contributed by atoms with Gasteiger partial charge in [-0.25, -0.2) is 4.39 Å². The first kappa shape index (κ1) is 14.1. The van der Waals surface area contributed by atoms with Crippen LogP contribution in [0.5, 0.6) is 0 Å². The molecule has 0 radical (unpaired) electrons. The first-order valence-corrected chi connectivity index (χ1v) is 4.46. The molecule has 84 valence electrons. The van der Waals surface area contributed by atoms with Crippen LogP contribution in [0.1, 0.15) is 30.6 Å². The van der Waals surface area contributed by atoms with E-state index in [0.29, 0.717) is 5.56 Å². The number of benzene rings is 1. The number of rotatable bonds is 3. The predicted octanol–water partition coefficient (Wildman–Crippen LogP) is 2.56. The molecule has 0 aliphatic rings. The van der Waals surface area contributed by atoms with Crippen LogP contribution in [0.25, 0.3) is 0 Å². The summed E-state index contributed by atoms with van der Waals surface area (Å²) in [6, 6.07) is 5.50. The van der Waals surface area contributed by atoms with E-state index in [1.54, 1.807) is 13.8 Å². The van der Waals surface area contributed by atoms with Crippen LogP contribution in [0.4, 0.5) is 4.39 Å². The minimum Gasteiger partial charge on any atom is -0.325 e. The summed E-state index contributed by atoms with van der Waals surface area (Å²) in [6.45, 7) is 3.57. The number of hydrogen-bond acceptors (Lipinski definition) is 2. The fraction of sp³-hybridized carbons (Fsp3) is 0.364. The summed E-state index contributed by atoms with van der Waals surface area (Å²) in [4.78, 5) is 11.6. The van der Waals surface area contributed by atoms with Gasteiger partial charge in [0, 0.05) is 17.5 Å². The number of carbonyl (C=O) groups excluding carboxylic acids is 1. The molecule has 0 unspecified atom stereocenters. The Bertz CT molecular complexity index is 329.